The highest BCUT2D eigenvalue weighted by molar-refractivity contribution is 7.14. The lowest BCUT2D eigenvalue weighted by atomic mass is 10.3. The molecule has 0 aliphatic carbocycles. The van der Waals surface area contributed by atoms with Crippen molar-refractivity contribution < 1.29 is 9.18 Å². The van der Waals surface area contributed by atoms with E-state index in [1.165, 1.54) is 11.3 Å². The number of aromatic nitrogens is 5. The Morgan fingerprint density at radius 3 is 3.04 bits per heavy atom. The van der Waals surface area contributed by atoms with Crippen LogP contribution in [0.25, 0.3) is 16.7 Å². The summed E-state index contributed by atoms with van der Waals surface area (Å²) in [5, 5.41) is 11.8. The topological polar surface area (TPSA) is 110 Å². The third kappa shape index (κ3) is 3.39. The van der Waals surface area contributed by atoms with Gasteiger partial charge in [-0.1, -0.05) is 0 Å². The SMILES string of the molecule is Cn1cc(-n2ccc3nc(Nc4cc(C(=O)NCCF)cs4)[nH]c(=O)c32)cn1. The van der Waals surface area contributed by atoms with Crippen LogP contribution in [0.1, 0.15) is 10.4 Å². The Kier molecular flexibility index (Phi) is 4.65. The highest BCUT2D eigenvalue weighted by Gasteiger charge is 2.13. The second kappa shape index (κ2) is 7.27. The van der Waals surface area contributed by atoms with Crippen LogP contribution in [0, 0.1) is 0 Å². The van der Waals surface area contributed by atoms with Crippen LogP contribution in [-0.4, -0.2) is 43.4 Å². The van der Waals surface area contributed by atoms with Crippen molar-refractivity contribution in [1.29, 1.82) is 0 Å². The van der Waals surface area contributed by atoms with Gasteiger partial charge in [0.2, 0.25) is 5.95 Å². The van der Waals surface area contributed by atoms with Crippen LogP contribution >= 0.6 is 11.3 Å². The van der Waals surface area contributed by atoms with E-state index in [0.717, 1.165) is 5.69 Å². The number of hydrogen-bond donors (Lipinski definition) is 3. The Hall–Kier alpha value is -3.47. The van der Waals surface area contributed by atoms with E-state index in [0.29, 0.717) is 21.6 Å². The number of aromatic amines is 1. The molecular formula is C17H16FN7O2S. The summed E-state index contributed by atoms with van der Waals surface area (Å²) < 4.78 is 15.5. The third-order valence-corrected chi connectivity index (χ3v) is 4.84. The predicted molar refractivity (Wildman–Crippen MR) is 104 cm³/mol. The summed E-state index contributed by atoms with van der Waals surface area (Å²) in [5.74, 6) is -0.0913. The van der Waals surface area contributed by atoms with Crippen molar-refractivity contribution in [3.05, 3.63) is 52.0 Å². The molecule has 0 unspecified atom stereocenters. The van der Waals surface area contributed by atoms with Crippen molar-refractivity contribution in [3.63, 3.8) is 0 Å². The molecule has 0 radical (unpaired) electrons. The van der Waals surface area contributed by atoms with E-state index in [2.05, 4.69) is 25.7 Å². The molecule has 28 heavy (non-hydrogen) atoms. The summed E-state index contributed by atoms with van der Waals surface area (Å²) in [5.41, 5.74) is 1.79. The van der Waals surface area contributed by atoms with Gasteiger partial charge in [-0.05, 0) is 12.1 Å². The summed E-state index contributed by atoms with van der Waals surface area (Å²) >= 11 is 1.28. The molecule has 4 aromatic rings. The highest BCUT2D eigenvalue weighted by atomic mass is 32.1. The van der Waals surface area contributed by atoms with Crippen LogP contribution in [0.3, 0.4) is 0 Å². The maximum Gasteiger partial charge on any atom is 0.277 e. The maximum atomic E-state index is 12.6. The highest BCUT2D eigenvalue weighted by Crippen LogP contribution is 2.24. The fourth-order valence-corrected chi connectivity index (χ4v) is 3.54. The molecule has 3 N–H and O–H groups in total. The molecule has 0 atom stereocenters. The number of hydrogen-bond acceptors (Lipinski definition) is 6. The standard InChI is InChI=1S/C17H16FN7O2S/c1-24-8-11(7-20-24)25-5-2-12-14(25)16(27)23-17(21-12)22-13-6-10(9-28-13)15(26)19-4-3-18/h2,5-9H,3-4H2,1H3,(H,19,26)(H2,21,22,23,27). The largest absolute Gasteiger partial charge is 0.349 e. The van der Waals surface area contributed by atoms with Gasteiger partial charge >= 0.3 is 0 Å². The number of fused-ring (bicyclic) bond motifs is 1. The van der Waals surface area contributed by atoms with Crippen molar-refractivity contribution in [2.24, 2.45) is 7.05 Å². The fraction of sp³-hybridized carbons (Fsp3) is 0.176. The molecule has 0 aliphatic heterocycles. The summed E-state index contributed by atoms with van der Waals surface area (Å²) in [7, 11) is 1.80. The number of anilines is 2. The Bertz CT molecular complexity index is 1210. The second-order valence-electron chi connectivity index (χ2n) is 5.98. The summed E-state index contributed by atoms with van der Waals surface area (Å²) in [6.07, 6.45) is 5.21. The van der Waals surface area contributed by atoms with E-state index < -0.39 is 6.67 Å². The molecule has 0 bridgehead atoms. The minimum atomic E-state index is -0.620. The second-order valence-corrected chi connectivity index (χ2v) is 6.89. The molecule has 4 rings (SSSR count). The van der Waals surface area contributed by atoms with Gasteiger partial charge in [0.15, 0.2) is 0 Å². The number of carbonyl (C=O) groups excluding carboxylic acids is 1. The average molecular weight is 401 g/mol. The lowest BCUT2D eigenvalue weighted by Gasteiger charge is -2.04. The van der Waals surface area contributed by atoms with Crippen molar-refractivity contribution in [1.82, 2.24) is 29.6 Å². The zero-order chi connectivity index (χ0) is 19.7. The van der Waals surface area contributed by atoms with Crippen molar-refractivity contribution in [3.8, 4) is 5.69 Å². The zero-order valence-corrected chi connectivity index (χ0v) is 15.6. The number of nitrogens with zero attached hydrogens (tertiary/aromatic N) is 4. The third-order valence-electron chi connectivity index (χ3n) is 4.00. The lowest BCUT2D eigenvalue weighted by molar-refractivity contribution is 0.0951. The van der Waals surface area contributed by atoms with E-state index in [1.807, 2.05) is 0 Å². The van der Waals surface area contributed by atoms with E-state index in [-0.39, 0.29) is 24.0 Å². The van der Waals surface area contributed by atoms with Crippen LogP contribution in [0.5, 0.6) is 0 Å². The summed E-state index contributed by atoms with van der Waals surface area (Å²) in [4.78, 5) is 31.6. The monoisotopic (exact) mass is 401 g/mol. The molecule has 0 saturated heterocycles. The predicted octanol–water partition coefficient (Wildman–Crippen LogP) is 1.95. The normalized spacial score (nSPS) is 11.1. The molecule has 4 aromatic heterocycles. The van der Waals surface area contributed by atoms with Crippen molar-refractivity contribution in [2.75, 3.05) is 18.5 Å². The van der Waals surface area contributed by atoms with Gasteiger partial charge in [0, 0.05) is 31.4 Å². The van der Waals surface area contributed by atoms with E-state index in [9.17, 15) is 14.0 Å². The molecule has 0 aromatic carbocycles. The van der Waals surface area contributed by atoms with Crippen molar-refractivity contribution >= 4 is 39.2 Å². The quantitative estimate of drug-likeness (QED) is 0.458. The zero-order valence-electron chi connectivity index (χ0n) is 14.8. The van der Waals surface area contributed by atoms with Gasteiger partial charge in [-0.2, -0.15) is 5.10 Å². The number of carbonyl (C=O) groups is 1. The smallest absolute Gasteiger partial charge is 0.277 e. The van der Waals surface area contributed by atoms with Gasteiger partial charge in [0.05, 0.1) is 28.0 Å². The molecule has 144 valence electrons. The van der Waals surface area contributed by atoms with Gasteiger partial charge in [-0.25, -0.2) is 9.37 Å². The number of rotatable bonds is 6. The minimum Gasteiger partial charge on any atom is -0.349 e. The molecule has 0 fully saturated rings. The molecule has 11 heteroatoms. The van der Waals surface area contributed by atoms with Gasteiger partial charge in [0.25, 0.3) is 11.5 Å². The van der Waals surface area contributed by atoms with Gasteiger partial charge in [0.1, 0.15) is 12.2 Å². The van der Waals surface area contributed by atoms with Crippen LogP contribution in [-0.2, 0) is 7.05 Å². The minimum absolute atomic E-state index is 0.0308. The molecule has 0 aliphatic rings. The van der Waals surface area contributed by atoms with Crippen LogP contribution in [0.15, 0.2) is 40.9 Å². The van der Waals surface area contributed by atoms with Crippen LogP contribution < -0.4 is 16.2 Å². The first-order valence-electron chi connectivity index (χ1n) is 8.35. The van der Waals surface area contributed by atoms with E-state index in [4.69, 9.17) is 0 Å². The molecule has 9 nitrogen and oxygen atoms in total. The van der Waals surface area contributed by atoms with Gasteiger partial charge < -0.3 is 15.2 Å². The Morgan fingerprint density at radius 1 is 1.43 bits per heavy atom. The summed E-state index contributed by atoms with van der Waals surface area (Å²) in [6.45, 7) is -0.651. The first kappa shape index (κ1) is 17.9. The van der Waals surface area contributed by atoms with Gasteiger partial charge in [-0.15, -0.1) is 11.3 Å². The maximum absolute atomic E-state index is 12.6. The van der Waals surface area contributed by atoms with E-state index in [1.54, 1.807) is 52.4 Å². The molecule has 0 saturated carbocycles. The van der Waals surface area contributed by atoms with Crippen LogP contribution in [0.2, 0.25) is 0 Å². The lowest BCUT2D eigenvalue weighted by Crippen LogP contribution is -2.24. The van der Waals surface area contributed by atoms with Crippen LogP contribution in [0.4, 0.5) is 15.3 Å². The number of thiophene rings is 1. The summed E-state index contributed by atoms with van der Waals surface area (Å²) in [6, 6.07) is 3.36. The Labute approximate surface area is 161 Å². The van der Waals surface area contributed by atoms with Gasteiger partial charge in [-0.3, -0.25) is 19.3 Å². The number of H-pyrrole nitrogens is 1. The average Bonchev–Trinajstić information content (AvgIpc) is 3.39. The first-order valence-corrected chi connectivity index (χ1v) is 9.23. The first-order chi connectivity index (χ1) is 13.5. The molecular weight excluding hydrogens is 385 g/mol. The number of halogens is 1. The Balaban J connectivity index is 1.60. The Morgan fingerprint density at radius 2 is 2.29 bits per heavy atom. The number of nitrogens with one attached hydrogen (secondary N) is 3. The van der Waals surface area contributed by atoms with Crippen molar-refractivity contribution in [2.45, 2.75) is 0 Å². The number of amides is 1. The van der Waals surface area contributed by atoms with E-state index >= 15 is 0 Å². The number of aryl methyl sites for hydroxylation is 1. The number of alkyl halides is 1. The molecule has 1 amide bonds. The fourth-order valence-electron chi connectivity index (χ4n) is 2.76. The molecule has 0 spiro atoms. The molecule has 4 heterocycles.